The van der Waals surface area contributed by atoms with Crippen molar-refractivity contribution in [1.29, 1.82) is 0 Å². The van der Waals surface area contributed by atoms with Crippen molar-refractivity contribution >= 4 is 70.5 Å². The Balaban J connectivity index is 0.000000161. The van der Waals surface area contributed by atoms with Gasteiger partial charge in [-0.2, -0.15) is 0 Å². The average Bonchev–Trinajstić information content (AvgIpc) is 0.707. The van der Waals surface area contributed by atoms with Gasteiger partial charge in [-0.25, -0.2) is 14.4 Å². The summed E-state index contributed by atoms with van der Waals surface area (Å²) in [6, 6.07) is 51.3. The topological polar surface area (TPSA) is 320 Å². The zero-order valence-electron chi connectivity index (χ0n) is 55.2. The van der Waals surface area contributed by atoms with Gasteiger partial charge in [-0.15, -0.1) is 0 Å². The van der Waals surface area contributed by atoms with Crippen molar-refractivity contribution in [3.63, 3.8) is 0 Å². The van der Waals surface area contributed by atoms with Crippen molar-refractivity contribution in [2.24, 2.45) is 0 Å². The molecule has 0 atom stereocenters. The molecule has 0 radical (unpaired) electrons. The van der Waals surface area contributed by atoms with Crippen molar-refractivity contribution in [1.82, 2.24) is 0 Å². The summed E-state index contributed by atoms with van der Waals surface area (Å²) in [5.41, 5.74) is 3.44. The Morgan fingerprint density at radius 2 is 0.680 bits per heavy atom. The number of hydrogen-bond donors (Lipinski definition) is 6. The van der Waals surface area contributed by atoms with Crippen molar-refractivity contribution in [3.05, 3.63) is 197 Å². The molecule has 100 heavy (non-hydrogen) atoms. The molecule has 4 heterocycles. The number of carbonyl (C=O) groups is 3. The van der Waals surface area contributed by atoms with Gasteiger partial charge in [0.1, 0.15) is 0 Å². The molecule has 13 rings (SSSR count). The van der Waals surface area contributed by atoms with E-state index >= 15 is 0 Å². The average molecular weight is 1530 g/mol. The summed E-state index contributed by atoms with van der Waals surface area (Å²) in [6.07, 6.45) is 0.761. The van der Waals surface area contributed by atoms with E-state index in [2.05, 4.69) is 149 Å². The number of alkyl halides is 1. The van der Waals surface area contributed by atoms with Gasteiger partial charge in [0.2, 0.25) is 43.4 Å². The molecular formula is C72H71Br2O25P. The molecule has 0 amide bonds. The van der Waals surface area contributed by atoms with E-state index in [1.54, 1.807) is 45.6 Å². The van der Waals surface area contributed by atoms with Crippen LogP contribution in [0.3, 0.4) is 0 Å². The number of phenolic OH excluding ortho intramolecular Hbond substituents is 5. The molecular weight excluding hydrogens is 1460 g/mol. The minimum absolute atomic E-state index is 0.0189. The molecule has 4 aliphatic heterocycles. The van der Waals surface area contributed by atoms with Crippen LogP contribution in [0, 0.1) is 0 Å². The van der Waals surface area contributed by atoms with Gasteiger partial charge in [-0.1, -0.05) is 15.9 Å². The molecule has 0 saturated carbocycles. The number of methoxy groups -OCH3 is 8. The third-order valence-electron chi connectivity index (χ3n) is 15.1. The molecule has 9 aromatic carbocycles. The normalized spacial score (nSPS) is 12.3. The van der Waals surface area contributed by atoms with Gasteiger partial charge in [0, 0.05) is 5.33 Å². The minimum atomic E-state index is -3.09. The van der Waals surface area contributed by atoms with E-state index in [0.29, 0.717) is 57.3 Å². The van der Waals surface area contributed by atoms with Gasteiger partial charge in [0.05, 0.1) is 73.1 Å². The Bertz CT molecular complexity index is 4130. The maximum atomic E-state index is 11.3. The van der Waals surface area contributed by atoms with E-state index in [4.69, 9.17) is 82.0 Å². The number of benzene rings is 9. The first-order valence-electron chi connectivity index (χ1n) is 29.8. The number of aliphatic hydroxyl groups excluding tert-OH is 1. The SMILES string of the molecule is COC(=O)c1cc(O)c(O)c(O)c1.COC(=O)c1cc(O)c(O)c(OC)c1.COC(=O)c1cc(OC)c2c(c1)OCO2.COc1cc(CBr)cc2c1OCO2.COc1cc(CO)cc2c1OCO2.COc1cc(CP(Br)(c2ccccc2)(c2ccccc2)c2ccccc2)cc2c1OCO2. The molecule has 4 aliphatic rings. The van der Waals surface area contributed by atoms with Gasteiger partial charge >= 0.3 is 215 Å². The Morgan fingerprint density at radius 1 is 0.380 bits per heavy atom. The molecule has 9 aromatic rings. The molecule has 0 spiro atoms. The van der Waals surface area contributed by atoms with Crippen LogP contribution in [0.2, 0.25) is 0 Å². The van der Waals surface area contributed by atoms with Crippen LogP contribution in [0.25, 0.3) is 0 Å². The maximum absolute atomic E-state index is 11.3. The number of aromatic hydroxyl groups is 5. The Morgan fingerprint density at radius 3 is 1.04 bits per heavy atom. The predicted octanol–water partition coefficient (Wildman–Crippen LogP) is 11.7. The summed E-state index contributed by atoms with van der Waals surface area (Å²) in [7, 11) is 11.4. The fourth-order valence-corrected chi connectivity index (χ4v) is 18.3. The molecule has 0 saturated heterocycles. The van der Waals surface area contributed by atoms with Crippen LogP contribution >= 0.6 is 36.7 Å². The molecule has 6 N–H and O–H groups in total. The van der Waals surface area contributed by atoms with Gasteiger partial charge in [0.15, 0.2) is 63.2 Å². The number of fused-ring (bicyclic) bond motifs is 4. The molecule has 0 bridgehead atoms. The molecule has 0 fully saturated rings. The number of hydrogen-bond acceptors (Lipinski definition) is 25. The standard InChI is InChI=1S/C27H24BrO3P.C10H10O5.C9H9BrO3.C9H10O5.C9H10O4.C8H8O5/c1-29-25-17-21(18-26-27(25)31-20-30-26)19-32(28,22-11-5-2-6-12-22,23-13-7-3-8-14-23)24-15-9-4-10-16-24;1-12-7-3-6(10(11)13-2)4-8-9(7)15-5-14-8;1-11-7-2-6(4-10)3-8-9(7)13-5-12-8;1-13-7-4-5(9(12)14-2)3-6(10)8(7)11;1-11-7-2-6(4-10)3-8-9(7)13-5-12-8;1-13-8(12)4-2-5(9)7(11)6(10)3-4/h2-18H,19-20H2,1H3;3-4H,5H2,1-2H3;2-3H,4-5H2,1H3;3-4,10-11H,1-2H3;2-3,10H,4-5H2,1H3;2-3,9-11H,1H3. The van der Waals surface area contributed by atoms with Crippen LogP contribution in [0.15, 0.2) is 164 Å². The van der Waals surface area contributed by atoms with E-state index in [1.165, 1.54) is 57.5 Å². The second-order valence-corrected chi connectivity index (χ2v) is 30.5. The fraction of sp³-hybridized carbons (Fsp3) is 0.208. The van der Waals surface area contributed by atoms with Crippen molar-refractivity contribution in [2.45, 2.75) is 18.1 Å². The van der Waals surface area contributed by atoms with Crippen molar-refractivity contribution < 1.29 is 121 Å². The molecule has 28 heteroatoms. The second kappa shape index (κ2) is 34.6. The van der Waals surface area contributed by atoms with Crippen LogP contribution in [-0.4, -0.2) is 133 Å². The van der Waals surface area contributed by atoms with Gasteiger partial charge < -0.3 is 92.2 Å². The van der Waals surface area contributed by atoms with E-state index in [0.717, 1.165) is 63.6 Å². The summed E-state index contributed by atoms with van der Waals surface area (Å²) >= 11 is 7.88. The summed E-state index contributed by atoms with van der Waals surface area (Å²) in [4.78, 5) is 33.3. The summed E-state index contributed by atoms with van der Waals surface area (Å²) < 4.78 is 81.7. The van der Waals surface area contributed by atoms with Crippen molar-refractivity contribution in [3.8, 4) is 103 Å². The number of phenols is 5. The van der Waals surface area contributed by atoms with Crippen molar-refractivity contribution in [2.75, 3.05) is 84.1 Å². The first kappa shape index (κ1) is 74.9. The Labute approximate surface area is 591 Å². The summed E-state index contributed by atoms with van der Waals surface area (Å²) in [5.74, 6) is 3.23. The third kappa shape index (κ3) is 17.0. The van der Waals surface area contributed by atoms with E-state index in [1.807, 2.05) is 12.1 Å². The zero-order valence-corrected chi connectivity index (χ0v) is 59.2. The molecule has 0 unspecified atom stereocenters. The second-order valence-electron chi connectivity index (χ2n) is 21.0. The van der Waals surface area contributed by atoms with E-state index < -0.39 is 52.0 Å². The molecule has 0 aromatic heterocycles. The van der Waals surface area contributed by atoms with Crippen LogP contribution < -0.4 is 77.5 Å². The molecule has 528 valence electrons. The quantitative estimate of drug-likeness (QED) is 0.0183. The van der Waals surface area contributed by atoms with E-state index in [9.17, 15) is 24.6 Å². The fourth-order valence-electron chi connectivity index (χ4n) is 10.3. The van der Waals surface area contributed by atoms with E-state index in [-0.39, 0.29) is 50.7 Å². The third-order valence-corrected chi connectivity index (χ3v) is 25.3. The monoisotopic (exact) mass is 1520 g/mol. The van der Waals surface area contributed by atoms with Crippen LogP contribution in [-0.2, 0) is 32.3 Å². The summed E-state index contributed by atoms with van der Waals surface area (Å²) in [6.45, 7) is 0.796. The zero-order chi connectivity index (χ0) is 72.1. The van der Waals surface area contributed by atoms with Gasteiger partial charge in [-0.3, -0.25) is 0 Å². The number of ether oxygens (including phenoxy) is 16. The Kier molecular flexibility index (Phi) is 25.9. The van der Waals surface area contributed by atoms with Crippen LogP contribution in [0.5, 0.6) is 103 Å². The van der Waals surface area contributed by atoms with Gasteiger partial charge in [0.25, 0.3) is 0 Å². The number of esters is 3. The Hall–Kier alpha value is -10.9. The van der Waals surface area contributed by atoms with Crippen LogP contribution in [0.4, 0.5) is 0 Å². The molecule has 25 nitrogen and oxygen atoms in total. The van der Waals surface area contributed by atoms with Crippen LogP contribution in [0.1, 0.15) is 47.8 Å². The summed E-state index contributed by atoms with van der Waals surface area (Å²) in [5, 5.41) is 55.9. The number of rotatable bonds is 15. The number of halogens is 2. The number of aliphatic hydroxyl groups is 1. The van der Waals surface area contributed by atoms with Gasteiger partial charge in [-0.05, 0) is 71.8 Å². The predicted molar refractivity (Wildman–Crippen MR) is 375 cm³/mol. The molecule has 0 aliphatic carbocycles. The first-order valence-corrected chi connectivity index (χ1v) is 35.3. The number of carbonyl (C=O) groups excluding carboxylic acids is 3. The first-order chi connectivity index (χ1) is 48.2.